The first-order valence-electron chi connectivity index (χ1n) is 15.3. The SMILES string of the molecule is CC1(C)c2ccc3c(c2C2CC(N(c4ccccc4)c4ccc(-c5ccccc5)cc4)C=CC21)OC1CCC=C[C@H]31. The lowest BCUT2D eigenvalue weighted by Crippen LogP contribution is -2.36. The van der Waals surface area contributed by atoms with Crippen molar-refractivity contribution in [2.75, 3.05) is 4.90 Å². The van der Waals surface area contributed by atoms with Gasteiger partial charge in [0.15, 0.2) is 0 Å². The lowest BCUT2D eigenvalue weighted by molar-refractivity contribution is 0.201. The van der Waals surface area contributed by atoms with Gasteiger partial charge in [-0.05, 0) is 77.5 Å². The number of anilines is 2. The Morgan fingerprint density at radius 2 is 1.44 bits per heavy atom. The molecule has 0 amide bonds. The van der Waals surface area contributed by atoms with Gasteiger partial charge in [0.1, 0.15) is 11.9 Å². The minimum absolute atomic E-state index is 0.0817. The van der Waals surface area contributed by atoms with E-state index in [1.807, 2.05) is 0 Å². The van der Waals surface area contributed by atoms with E-state index in [1.54, 1.807) is 0 Å². The zero-order chi connectivity index (χ0) is 27.6. The molecule has 3 aliphatic carbocycles. The van der Waals surface area contributed by atoms with E-state index in [-0.39, 0.29) is 11.5 Å². The van der Waals surface area contributed by atoms with Gasteiger partial charge in [-0.2, -0.15) is 0 Å². The van der Waals surface area contributed by atoms with Crippen LogP contribution in [-0.2, 0) is 5.41 Å². The van der Waals surface area contributed by atoms with E-state index in [1.165, 1.54) is 44.9 Å². The Morgan fingerprint density at radius 3 is 2.22 bits per heavy atom. The lowest BCUT2D eigenvalue weighted by Gasteiger charge is -2.40. The molecule has 0 saturated carbocycles. The van der Waals surface area contributed by atoms with Gasteiger partial charge in [-0.25, -0.2) is 0 Å². The molecule has 4 aromatic carbocycles. The van der Waals surface area contributed by atoms with Crippen molar-refractivity contribution in [1.82, 2.24) is 0 Å². The maximum atomic E-state index is 6.83. The largest absolute Gasteiger partial charge is 0.489 e. The van der Waals surface area contributed by atoms with Gasteiger partial charge in [0.05, 0.1) is 6.04 Å². The van der Waals surface area contributed by atoms with E-state index < -0.39 is 0 Å². The number of hydrogen-bond donors (Lipinski definition) is 0. The van der Waals surface area contributed by atoms with E-state index in [0.29, 0.717) is 23.9 Å². The van der Waals surface area contributed by atoms with Crippen LogP contribution < -0.4 is 9.64 Å². The van der Waals surface area contributed by atoms with Crippen molar-refractivity contribution in [1.29, 1.82) is 0 Å². The monoisotopic (exact) mass is 535 g/mol. The molecule has 1 aliphatic heterocycles. The van der Waals surface area contributed by atoms with Gasteiger partial charge < -0.3 is 9.64 Å². The van der Waals surface area contributed by atoms with Crippen LogP contribution in [0.4, 0.5) is 11.4 Å². The van der Waals surface area contributed by atoms with E-state index in [2.05, 4.69) is 140 Å². The number of nitrogens with zero attached hydrogens (tertiary/aromatic N) is 1. The van der Waals surface area contributed by atoms with Gasteiger partial charge in [0.2, 0.25) is 0 Å². The molecule has 0 spiro atoms. The highest BCUT2D eigenvalue weighted by Crippen LogP contribution is 2.60. The summed E-state index contributed by atoms with van der Waals surface area (Å²) in [6.45, 7) is 4.87. The van der Waals surface area contributed by atoms with Gasteiger partial charge in [-0.1, -0.05) is 111 Å². The van der Waals surface area contributed by atoms with Crippen molar-refractivity contribution in [2.45, 2.75) is 62.5 Å². The summed E-state index contributed by atoms with van der Waals surface area (Å²) in [5, 5.41) is 0. The molecular formula is C39H37NO. The van der Waals surface area contributed by atoms with E-state index in [9.17, 15) is 0 Å². The molecule has 0 fully saturated rings. The first-order chi connectivity index (χ1) is 20.1. The molecule has 4 aliphatic rings. The van der Waals surface area contributed by atoms with Crippen LogP contribution in [0, 0.1) is 5.92 Å². The number of rotatable bonds is 4. The lowest BCUT2D eigenvalue weighted by atomic mass is 9.71. The molecule has 0 bridgehead atoms. The molecule has 8 rings (SSSR count). The Labute approximate surface area is 244 Å². The minimum atomic E-state index is 0.0817. The smallest absolute Gasteiger partial charge is 0.127 e. The van der Waals surface area contributed by atoms with Gasteiger partial charge in [0.25, 0.3) is 0 Å². The third-order valence-corrected chi connectivity index (χ3v) is 10.2. The zero-order valence-electron chi connectivity index (χ0n) is 23.9. The fourth-order valence-electron chi connectivity index (χ4n) is 8.18. The van der Waals surface area contributed by atoms with Crippen molar-refractivity contribution in [3.63, 3.8) is 0 Å². The van der Waals surface area contributed by atoms with Crippen molar-refractivity contribution in [3.8, 4) is 16.9 Å². The summed E-state index contributed by atoms with van der Waals surface area (Å²) >= 11 is 0. The molecule has 2 heteroatoms. The topological polar surface area (TPSA) is 12.5 Å². The fourth-order valence-corrected chi connectivity index (χ4v) is 8.18. The predicted molar refractivity (Wildman–Crippen MR) is 169 cm³/mol. The highest BCUT2D eigenvalue weighted by Gasteiger charge is 2.51. The average molecular weight is 536 g/mol. The summed E-state index contributed by atoms with van der Waals surface area (Å²) in [6, 6.07) is 35.7. The first-order valence-corrected chi connectivity index (χ1v) is 15.3. The molecule has 0 aromatic heterocycles. The maximum Gasteiger partial charge on any atom is 0.127 e. The molecular weight excluding hydrogens is 498 g/mol. The molecule has 5 atom stereocenters. The van der Waals surface area contributed by atoms with Crippen LogP contribution in [-0.4, -0.2) is 12.1 Å². The standard InChI is InChI=1S/C39H37NO/c1-39(2)34-23-21-30(25-33(34)37-35(39)24-22-32-31-15-9-10-16-36(31)41-38(32)37)40(28-13-7-4-8-14-28)29-19-17-27(18-20-29)26-11-5-3-6-12-26/h3-9,11-15,17-24,30-31,33-34,36H,10,16,25H2,1-2H3/t30?,31-,33?,34?,36?/m1/s1. The Kier molecular flexibility index (Phi) is 5.74. The van der Waals surface area contributed by atoms with Crippen molar-refractivity contribution >= 4 is 11.4 Å². The summed E-state index contributed by atoms with van der Waals surface area (Å²) in [5.74, 6) is 2.52. The van der Waals surface area contributed by atoms with Crippen LogP contribution in [0.15, 0.2) is 121 Å². The second-order valence-electron chi connectivity index (χ2n) is 12.8. The highest BCUT2D eigenvalue weighted by atomic mass is 16.5. The summed E-state index contributed by atoms with van der Waals surface area (Å²) in [7, 11) is 0. The van der Waals surface area contributed by atoms with Crippen LogP contribution in [0.2, 0.25) is 0 Å². The normalized spacial score (nSPS) is 26.4. The van der Waals surface area contributed by atoms with Crippen molar-refractivity contribution < 1.29 is 4.74 Å². The third kappa shape index (κ3) is 3.91. The summed E-state index contributed by atoms with van der Waals surface area (Å²) < 4.78 is 6.83. The van der Waals surface area contributed by atoms with Gasteiger partial charge in [0, 0.05) is 28.4 Å². The molecule has 204 valence electrons. The Morgan fingerprint density at radius 1 is 0.732 bits per heavy atom. The summed E-state index contributed by atoms with van der Waals surface area (Å²) in [4.78, 5) is 2.54. The molecule has 4 aromatic rings. The van der Waals surface area contributed by atoms with Gasteiger partial charge >= 0.3 is 0 Å². The first kappa shape index (κ1) is 24.7. The minimum Gasteiger partial charge on any atom is -0.489 e. The predicted octanol–water partition coefficient (Wildman–Crippen LogP) is 9.71. The Balaban J connectivity index is 1.19. The van der Waals surface area contributed by atoms with Crippen molar-refractivity contribution in [2.24, 2.45) is 5.92 Å². The highest BCUT2D eigenvalue weighted by molar-refractivity contribution is 5.71. The van der Waals surface area contributed by atoms with Crippen LogP contribution >= 0.6 is 0 Å². The third-order valence-electron chi connectivity index (χ3n) is 10.2. The fraction of sp³-hybridized carbons (Fsp3) is 0.282. The molecule has 0 saturated heterocycles. The second kappa shape index (κ2) is 9.52. The van der Waals surface area contributed by atoms with Crippen LogP contribution in [0.3, 0.4) is 0 Å². The molecule has 1 heterocycles. The van der Waals surface area contributed by atoms with Gasteiger partial charge in [-0.15, -0.1) is 0 Å². The number of benzene rings is 4. The Hall–Kier alpha value is -4.04. The van der Waals surface area contributed by atoms with E-state index >= 15 is 0 Å². The number of fused-ring (bicyclic) bond motifs is 7. The van der Waals surface area contributed by atoms with Gasteiger partial charge in [-0.3, -0.25) is 0 Å². The van der Waals surface area contributed by atoms with Crippen LogP contribution in [0.25, 0.3) is 11.1 Å². The quantitative estimate of drug-likeness (QED) is 0.241. The second-order valence-corrected chi connectivity index (χ2v) is 12.8. The number of hydrogen-bond acceptors (Lipinski definition) is 2. The Bertz CT molecular complexity index is 1630. The number of ether oxygens (including phenoxy) is 1. The molecule has 0 N–H and O–H groups in total. The average Bonchev–Trinajstić information content (AvgIpc) is 3.51. The van der Waals surface area contributed by atoms with Crippen LogP contribution in [0.5, 0.6) is 5.75 Å². The number of para-hydroxylation sites is 1. The zero-order valence-corrected chi connectivity index (χ0v) is 23.9. The van der Waals surface area contributed by atoms with E-state index in [0.717, 1.165) is 19.3 Å². The van der Waals surface area contributed by atoms with Crippen molar-refractivity contribution in [3.05, 3.63) is 138 Å². The van der Waals surface area contributed by atoms with Crippen LogP contribution in [0.1, 0.15) is 61.6 Å². The molecule has 2 nitrogen and oxygen atoms in total. The molecule has 41 heavy (non-hydrogen) atoms. The summed E-state index contributed by atoms with van der Waals surface area (Å²) in [6.07, 6.45) is 13.3. The van der Waals surface area contributed by atoms with E-state index in [4.69, 9.17) is 4.74 Å². The molecule has 0 radical (unpaired) electrons. The molecule has 4 unspecified atom stereocenters. The summed E-state index contributed by atoms with van der Waals surface area (Å²) in [5.41, 5.74) is 9.42. The maximum absolute atomic E-state index is 6.83. The number of allylic oxidation sites excluding steroid dienone is 2.